The molecule has 1 saturated carbocycles. The van der Waals surface area contributed by atoms with Gasteiger partial charge in [-0.3, -0.25) is 4.79 Å². The van der Waals surface area contributed by atoms with Crippen LogP contribution in [-0.4, -0.2) is 48.4 Å². The second-order valence-electron chi connectivity index (χ2n) is 6.78. The van der Waals surface area contributed by atoms with Crippen molar-refractivity contribution in [2.45, 2.75) is 51.4 Å². The van der Waals surface area contributed by atoms with Crippen LogP contribution in [0.25, 0.3) is 0 Å². The molecule has 1 aliphatic carbocycles. The Morgan fingerprint density at radius 2 is 1.63 bits per heavy atom. The highest BCUT2D eigenvalue weighted by molar-refractivity contribution is 5.81. The van der Waals surface area contributed by atoms with Gasteiger partial charge in [-0.15, -0.1) is 0 Å². The quantitative estimate of drug-likeness (QED) is 0.782. The SMILES string of the molecule is O=C(C1CC1)N1CCCC(CN2CCCCCC2)C1. The molecule has 0 aromatic heterocycles. The van der Waals surface area contributed by atoms with Crippen LogP contribution in [0.2, 0.25) is 0 Å². The molecule has 2 aliphatic heterocycles. The second kappa shape index (κ2) is 6.25. The number of hydrogen-bond acceptors (Lipinski definition) is 2. The molecule has 0 radical (unpaired) electrons. The Hall–Kier alpha value is -0.570. The Kier molecular flexibility index (Phi) is 4.42. The minimum atomic E-state index is 0.400. The van der Waals surface area contributed by atoms with Crippen molar-refractivity contribution in [2.24, 2.45) is 11.8 Å². The van der Waals surface area contributed by atoms with Gasteiger partial charge in [0.2, 0.25) is 5.91 Å². The maximum atomic E-state index is 12.2. The lowest BCUT2D eigenvalue weighted by atomic mass is 9.97. The van der Waals surface area contributed by atoms with Gasteiger partial charge >= 0.3 is 0 Å². The smallest absolute Gasteiger partial charge is 0.225 e. The van der Waals surface area contributed by atoms with Gasteiger partial charge in [-0.25, -0.2) is 0 Å². The third-order valence-corrected chi connectivity index (χ3v) is 4.97. The zero-order chi connectivity index (χ0) is 13.1. The van der Waals surface area contributed by atoms with Crippen molar-refractivity contribution in [2.75, 3.05) is 32.7 Å². The third kappa shape index (κ3) is 3.71. The van der Waals surface area contributed by atoms with Crippen molar-refractivity contribution in [3.8, 4) is 0 Å². The maximum Gasteiger partial charge on any atom is 0.225 e. The summed E-state index contributed by atoms with van der Waals surface area (Å²) in [6.45, 7) is 5.85. The molecule has 3 fully saturated rings. The molecule has 3 rings (SSSR count). The summed E-state index contributed by atoms with van der Waals surface area (Å²) in [7, 11) is 0. The predicted octanol–water partition coefficient (Wildman–Crippen LogP) is 2.51. The average molecular weight is 264 g/mol. The summed E-state index contributed by atoms with van der Waals surface area (Å²) in [5.74, 6) is 1.59. The minimum Gasteiger partial charge on any atom is -0.342 e. The van der Waals surface area contributed by atoms with Gasteiger partial charge < -0.3 is 9.80 Å². The summed E-state index contributed by atoms with van der Waals surface area (Å²) in [4.78, 5) is 17.0. The fourth-order valence-electron chi connectivity index (χ4n) is 3.69. The van der Waals surface area contributed by atoms with Gasteiger partial charge in [0, 0.05) is 25.6 Å². The first-order chi connectivity index (χ1) is 9.33. The van der Waals surface area contributed by atoms with Crippen LogP contribution in [0.15, 0.2) is 0 Å². The predicted molar refractivity (Wildman–Crippen MR) is 76.9 cm³/mol. The summed E-state index contributed by atoms with van der Waals surface area (Å²) >= 11 is 0. The number of amides is 1. The molecule has 1 unspecified atom stereocenters. The summed E-state index contributed by atoms with van der Waals surface area (Å²) in [5, 5.41) is 0. The van der Waals surface area contributed by atoms with Crippen molar-refractivity contribution in [1.82, 2.24) is 9.80 Å². The Morgan fingerprint density at radius 3 is 2.32 bits per heavy atom. The van der Waals surface area contributed by atoms with Gasteiger partial charge in [-0.05, 0) is 57.5 Å². The van der Waals surface area contributed by atoms with Crippen molar-refractivity contribution in [3.05, 3.63) is 0 Å². The van der Waals surface area contributed by atoms with Crippen molar-refractivity contribution in [3.63, 3.8) is 0 Å². The second-order valence-corrected chi connectivity index (χ2v) is 6.78. The molecular formula is C16H28N2O. The molecule has 0 bridgehead atoms. The van der Waals surface area contributed by atoms with E-state index in [2.05, 4.69) is 9.80 Å². The first-order valence-electron chi connectivity index (χ1n) is 8.34. The van der Waals surface area contributed by atoms with E-state index in [4.69, 9.17) is 0 Å². The summed E-state index contributed by atoms with van der Waals surface area (Å²) in [6, 6.07) is 0. The molecule has 3 nitrogen and oxygen atoms in total. The monoisotopic (exact) mass is 264 g/mol. The highest BCUT2D eigenvalue weighted by atomic mass is 16.2. The van der Waals surface area contributed by atoms with Crippen LogP contribution in [0.3, 0.4) is 0 Å². The molecular weight excluding hydrogens is 236 g/mol. The fourth-order valence-corrected chi connectivity index (χ4v) is 3.69. The van der Waals surface area contributed by atoms with E-state index in [9.17, 15) is 4.79 Å². The van der Waals surface area contributed by atoms with E-state index in [0.29, 0.717) is 11.8 Å². The van der Waals surface area contributed by atoms with Crippen LogP contribution < -0.4 is 0 Å². The first-order valence-corrected chi connectivity index (χ1v) is 8.34. The van der Waals surface area contributed by atoms with Crippen LogP contribution >= 0.6 is 0 Å². The van der Waals surface area contributed by atoms with E-state index < -0.39 is 0 Å². The Balaban J connectivity index is 1.48. The molecule has 0 spiro atoms. The standard InChI is InChI=1S/C16H28N2O/c19-16(15-7-8-15)18-11-5-6-14(13-18)12-17-9-3-1-2-4-10-17/h14-15H,1-13H2. The molecule has 1 atom stereocenters. The Labute approximate surface area is 117 Å². The van der Waals surface area contributed by atoms with Crippen LogP contribution in [0.4, 0.5) is 0 Å². The van der Waals surface area contributed by atoms with Crippen LogP contribution in [0.5, 0.6) is 0 Å². The van der Waals surface area contributed by atoms with Gasteiger partial charge in [0.15, 0.2) is 0 Å². The van der Waals surface area contributed by atoms with E-state index in [-0.39, 0.29) is 0 Å². The van der Waals surface area contributed by atoms with Crippen LogP contribution in [0.1, 0.15) is 51.4 Å². The lowest BCUT2D eigenvalue weighted by Crippen LogP contribution is -2.44. The van der Waals surface area contributed by atoms with Crippen LogP contribution in [0, 0.1) is 11.8 Å². The number of likely N-dealkylation sites (tertiary alicyclic amines) is 2. The third-order valence-electron chi connectivity index (χ3n) is 4.97. The first kappa shape index (κ1) is 13.4. The lowest BCUT2D eigenvalue weighted by Gasteiger charge is -2.35. The van der Waals surface area contributed by atoms with E-state index in [1.54, 1.807) is 0 Å². The molecule has 2 heterocycles. The number of nitrogens with zero attached hydrogens (tertiary/aromatic N) is 2. The number of carbonyl (C=O) groups excluding carboxylic acids is 1. The maximum absolute atomic E-state index is 12.2. The minimum absolute atomic E-state index is 0.400. The lowest BCUT2D eigenvalue weighted by molar-refractivity contribution is -0.134. The molecule has 0 aromatic carbocycles. The fraction of sp³-hybridized carbons (Fsp3) is 0.938. The van der Waals surface area contributed by atoms with Gasteiger partial charge in [0.1, 0.15) is 0 Å². The Morgan fingerprint density at radius 1 is 0.895 bits per heavy atom. The highest BCUT2D eigenvalue weighted by Crippen LogP contribution is 2.32. The largest absolute Gasteiger partial charge is 0.342 e. The van der Waals surface area contributed by atoms with Gasteiger partial charge in [0.05, 0.1) is 0 Å². The van der Waals surface area contributed by atoms with Crippen molar-refractivity contribution >= 4 is 5.91 Å². The average Bonchev–Trinajstić information content (AvgIpc) is 3.26. The molecule has 1 amide bonds. The molecule has 0 aromatic rings. The Bertz CT molecular complexity index is 306. The van der Waals surface area contributed by atoms with Gasteiger partial charge in [-0.1, -0.05) is 12.8 Å². The highest BCUT2D eigenvalue weighted by Gasteiger charge is 2.35. The molecule has 2 saturated heterocycles. The summed E-state index contributed by atoms with van der Waals surface area (Å²) in [5.41, 5.74) is 0. The van der Waals surface area contributed by atoms with E-state index in [0.717, 1.165) is 31.8 Å². The zero-order valence-corrected chi connectivity index (χ0v) is 12.1. The van der Waals surface area contributed by atoms with Gasteiger partial charge in [0.25, 0.3) is 0 Å². The number of carbonyl (C=O) groups is 1. The molecule has 19 heavy (non-hydrogen) atoms. The summed E-state index contributed by atoms with van der Waals surface area (Å²) < 4.78 is 0. The number of hydrogen-bond donors (Lipinski definition) is 0. The molecule has 0 N–H and O–H groups in total. The van der Waals surface area contributed by atoms with E-state index >= 15 is 0 Å². The molecule has 108 valence electrons. The van der Waals surface area contributed by atoms with E-state index in [1.165, 1.54) is 58.2 Å². The topological polar surface area (TPSA) is 23.6 Å². The number of rotatable bonds is 3. The molecule has 3 aliphatic rings. The van der Waals surface area contributed by atoms with E-state index in [1.807, 2.05) is 0 Å². The van der Waals surface area contributed by atoms with Crippen molar-refractivity contribution < 1.29 is 4.79 Å². The zero-order valence-electron chi connectivity index (χ0n) is 12.1. The van der Waals surface area contributed by atoms with Gasteiger partial charge in [-0.2, -0.15) is 0 Å². The van der Waals surface area contributed by atoms with Crippen LogP contribution in [-0.2, 0) is 4.79 Å². The normalized spacial score (nSPS) is 30.1. The summed E-state index contributed by atoms with van der Waals surface area (Å²) in [6.07, 6.45) is 10.4. The van der Waals surface area contributed by atoms with Crippen molar-refractivity contribution in [1.29, 1.82) is 0 Å². The molecule has 3 heteroatoms. The number of piperidine rings is 1.